The van der Waals surface area contributed by atoms with Crippen molar-refractivity contribution in [1.29, 1.82) is 0 Å². The molecule has 0 aliphatic carbocycles. The third kappa shape index (κ3) is 4.13. The fourth-order valence-electron chi connectivity index (χ4n) is 2.57. The highest BCUT2D eigenvalue weighted by molar-refractivity contribution is 7.20. The number of para-hydroxylation sites is 1. The number of piperidine rings is 1. The van der Waals surface area contributed by atoms with E-state index in [1.165, 1.54) is 0 Å². The summed E-state index contributed by atoms with van der Waals surface area (Å²) in [6, 6.07) is 7.98. The summed E-state index contributed by atoms with van der Waals surface area (Å²) >= 11 is 1.54. The SMILES string of the molecule is CC(C)(C)OC(=O)N1CCC[C@@H](Oc2nc3ccccc3s2)C1. The first kappa shape index (κ1) is 16.1. The number of likely N-dealkylation sites (tertiary alicyclic amines) is 1. The van der Waals surface area contributed by atoms with Crippen molar-refractivity contribution in [1.82, 2.24) is 9.88 Å². The molecule has 1 atom stereocenters. The van der Waals surface area contributed by atoms with Crippen LogP contribution in [0.25, 0.3) is 10.2 Å². The van der Waals surface area contributed by atoms with Crippen LogP contribution in [0.1, 0.15) is 33.6 Å². The summed E-state index contributed by atoms with van der Waals surface area (Å²) < 4.78 is 12.6. The number of amides is 1. The molecule has 0 spiro atoms. The Labute approximate surface area is 140 Å². The van der Waals surface area contributed by atoms with E-state index in [1.807, 2.05) is 45.0 Å². The minimum atomic E-state index is -0.474. The number of ether oxygens (including phenoxy) is 2. The maximum atomic E-state index is 12.2. The van der Waals surface area contributed by atoms with Gasteiger partial charge in [0.15, 0.2) is 0 Å². The second kappa shape index (κ2) is 6.35. The van der Waals surface area contributed by atoms with Gasteiger partial charge in [0, 0.05) is 6.54 Å². The molecule has 2 aromatic rings. The van der Waals surface area contributed by atoms with Gasteiger partial charge >= 0.3 is 6.09 Å². The molecule has 1 aromatic heterocycles. The lowest BCUT2D eigenvalue weighted by Gasteiger charge is -2.33. The molecule has 1 aromatic carbocycles. The number of carbonyl (C=O) groups excluding carboxylic acids is 1. The Balaban J connectivity index is 1.63. The monoisotopic (exact) mass is 334 g/mol. The van der Waals surface area contributed by atoms with Crippen LogP contribution in [0.4, 0.5) is 4.79 Å². The Morgan fingerprint density at radius 1 is 1.35 bits per heavy atom. The van der Waals surface area contributed by atoms with Crippen molar-refractivity contribution in [3.8, 4) is 5.19 Å². The van der Waals surface area contributed by atoms with Gasteiger partial charge in [-0.05, 0) is 45.7 Å². The van der Waals surface area contributed by atoms with Gasteiger partial charge in [0.2, 0.25) is 0 Å². The zero-order chi connectivity index (χ0) is 16.4. The topological polar surface area (TPSA) is 51.7 Å². The standard InChI is InChI=1S/C17H22N2O3S/c1-17(2,3)22-16(20)19-10-6-7-12(11-19)21-15-18-13-8-4-5-9-14(13)23-15/h4-5,8-9,12H,6-7,10-11H2,1-3H3/t12-/m1/s1. The maximum Gasteiger partial charge on any atom is 0.410 e. The lowest BCUT2D eigenvalue weighted by atomic mass is 10.1. The molecule has 1 amide bonds. The first-order chi connectivity index (χ1) is 10.9. The van der Waals surface area contributed by atoms with Crippen LogP contribution in [0.3, 0.4) is 0 Å². The van der Waals surface area contributed by atoms with Gasteiger partial charge < -0.3 is 14.4 Å². The quantitative estimate of drug-likeness (QED) is 0.830. The molecule has 1 aliphatic heterocycles. The number of hydrogen-bond donors (Lipinski definition) is 0. The number of carbonyl (C=O) groups is 1. The number of fused-ring (bicyclic) bond motifs is 1. The van der Waals surface area contributed by atoms with Crippen molar-refractivity contribution in [2.45, 2.75) is 45.3 Å². The Morgan fingerprint density at radius 3 is 2.87 bits per heavy atom. The number of benzene rings is 1. The molecule has 1 aliphatic rings. The van der Waals surface area contributed by atoms with E-state index in [-0.39, 0.29) is 12.2 Å². The van der Waals surface area contributed by atoms with Gasteiger partial charge in [-0.2, -0.15) is 0 Å². The molecule has 6 heteroatoms. The minimum Gasteiger partial charge on any atom is -0.465 e. The Kier molecular flexibility index (Phi) is 4.43. The third-order valence-corrected chi connectivity index (χ3v) is 4.50. The molecular formula is C17H22N2O3S. The van der Waals surface area contributed by atoms with Crippen LogP contribution >= 0.6 is 11.3 Å². The van der Waals surface area contributed by atoms with E-state index in [0.29, 0.717) is 18.3 Å². The van der Waals surface area contributed by atoms with E-state index in [9.17, 15) is 4.79 Å². The Bertz CT molecular complexity index is 659. The van der Waals surface area contributed by atoms with Gasteiger partial charge in [0.05, 0.1) is 16.8 Å². The van der Waals surface area contributed by atoms with Crippen molar-refractivity contribution in [3.63, 3.8) is 0 Å². The number of rotatable bonds is 2. The molecule has 0 radical (unpaired) electrons. The summed E-state index contributed by atoms with van der Waals surface area (Å²) in [4.78, 5) is 18.4. The second-order valence-corrected chi connectivity index (χ2v) is 7.75. The lowest BCUT2D eigenvalue weighted by Crippen LogP contribution is -2.46. The van der Waals surface area contributed by atoms with Crippen LogP contribution in [0.5, 0.6) is 5.19 Å². The summed E-state index contributed by atoms with van der Waals surface area (Å²) in [5.74, 6) is 0. The van der Waals surface area contributed by atoms with Crippen LogP contribution in [-0.4, -0.2) is 40.8 Å². The first-order valence-electron chi connectivity index (χ1n) is 7.91. The van der Waals surface area contributed by atoms with Crippen molar-refractivity contribution >= 4 is 27.6 Å². The van der Waals surface area contributed by atoms with E-state index in [1.54, 1.807) is 16.2 Å². The molecular weight excluding hydrogens is 312 g/mol. The molecule has 23 heavy (non-hydrogen) atoms. The molecule has 5 nitrogen and oxygen atoms in total. The summed E-state index contributed by atoms with van der Waals surface area (Å²) in [5.41, 5.74) is 0.477. The number of aromatic nitrogens is 1. The highest BCUT2D eigenvalue weighted by Gasteiger charge is 2.29. The van der Waals surface area contributed by atoms with E-state index >= 15 is 0 Å². The number of nitrogens with zero attached hydrogens (tertiary/aromatic N) is 2. The molecule has 1 saturated heterocycles. The average molecular weight is 334 g/mol. The summed E-state index contributed by atoms with van der Waals surface area (Å²) in [7, 11) is 0. The van der Waals surface area contributed by atoms with Crippen LogP contribution in [0.15, 0.2) is 24.3 Å². The largest absolute Gasteiger partial charge is 0.465 e. The number of hydrogen-bond acceptors (Lipinski definition) is 5. The molecule has 0 unspecified atom stereocenters. The summed E-state index contributed by atoms with van der Waals surface area (Å²) in [6.07, 6.45) is 1.54. The van der Waals surface area contributed by atoms with E-state index in [0.717, 1.165) is 23.1 Å². The zero-order valence-electron chi connectivity index (χ0n) is 13.7. The highest BCUT2D eigenvalue weighted by atomic mass is 32.1. The Morgan fingerprint density at radius 2 is 2.13 bits per heavy atom. The van der Waals surface area contributed by atoms with Crippen molar-refractivity contribution in [3.05, 3.63) is 24.3 Å². The van der Waals surface area contributed by atoms with Gasteiger partial charge in [-0.1, -0.05) is 23.5 Å². The van der Waals surface area contributed by atoms with Crippen LogP contribution in [-0.2, 0) is 4.74 Å². The smallest absolute Gasteiger partial charge is 0.410 e. The normalized spacial score (nSPS) is 18.9. The first-order valence-corrected chi connectivity index (χ1v) is 8.72. The average Bonchev–Trinajstić information content (AvgIpc) is 2.88. The van der Waals surface area contributed by atoms with Crippen LogP contribution in [0.2, 0.25) is 0 Å². The van der Waals surface area contributed by atoms with Crippen LogP contribution in [0, 0.1) is 0 Å². The van der Waals surface area contributed by atoms with Crippen LogP contribution < -0.4 is 4.74 Å². The fraction of sp³-hybridized carbons (Fsp3) is 0.529. The zero-order valence-corrected chi connectivity index (χ0v) is 14.6. The lowest BCUT2D eigenvalue weighted by molar-refractivity contribution is 0.00776. The highest BCUT2D eigenvalue weighted by Crippen LogP contribution is 2.29. The van der Waals surface area contributed by atoms with E-state index < -0.39 is 5.60 Å². The van der Waals surface area contributed by atoms with Gasteiger partial charge in [0.1, 0.15) is 11.7 Å². The minimum absolute atomic E-state index is 0.0307. The van der Waals surface area contributed by atoms with Crippen molar-refractivity contribution in [2.24, 2.45) is 0 Å². The van der Waals surface area contributed by atoms with E-state index in [4.69, 9.17) is 9.47 Å². The van der Waals surface area contributed by atoms with E-state index in [2.05, 4.69) is 4.98 Å². The molecule has 1 fully saturated rings. The molecule has 0 saturated carbocycles. The van der Waals surface area contributed by atoms with Crippen molar-refractivity contribution < 1.29 is 14.3 Å². The molecule has 124 valence electrons. The second-order valence-electron chi connectivity index (χ2n) is 6.76. The summed E-state index contributed by atoms with van der Waals surface area (Å²) in [6.45, 7) is 6.90. The van der Waals surface area contributed by atoms with Crippen molar-refractivity contribution in [2.75, 3.05) is 13.1 Å². The van der Waals surface area contributed by atoms with Gasteiger partial charge in [0.25, 0.3) is 5.19 Å². The molecule has 0 bridgehead atoms. The fourth-order valence-corrected chi connectivity index (χ4v) is 3.45. The predicted octanol–water partition coefficient (Wildman–Crippen LogP) is 4.07. The molecule has 2 heterocycles. The Hall–Kier alpha value is -1.82. The number of thiazole rings is 1. The van der Waals surface area contributed by atoms with Gasteiger partial charge in [-0.3, -0.25) is 0 Å². The van der Waals surface area contributed by atoms with Gasteiger partial charge in [-0.15, -0.1) is 0 Å². The molecule has 3 rings (SSSR count). The summed E-state index contributed by atoms with van der Waals surface area (Å²) in [5, 5.41) is 0.669. The molecule has 0 N–H and O–H groups in total. The van der Waals surface area contributed by atoms with Gasteiger partial charge in [-0.25, -0.2) is 9.78 Å². The predicted molar refractivity (Wildman–Crippen MR) is 91.1 cm³/mol. The third-order valence-electron chi connectivity index (χ3n) is 3.57. The maximum absolute atomic E-state index is 12.2.